The number of para-hydroxylation sites is 1. The molecule has 1 saturated heterocycles. The van der Waals surface area contributed by atoms with Gasteiger partial charge in [0.05, 0.1) is 29.2 Å². The van der Waals surface area contributed by atoms with Crippen LogP contribution in [-0.2, 0) is 19.3 Å². The summed E-state index contributed by atoms with van der Waals surface area (Å²) in [6.07, 6.45) is 3.24. The zero-order valence-electron chi connectivity index (χ0n) is 14.8. The van der Waals surface area contributed by atoms with Crippen molar-refractivity contribution < 1.29 is 22.5 Å². The zero-order valence-corrected chi connectivity index (χ0v) is 15.6. The molecule has 0 bridgehead atoms. The summed E-state index contributed by atoms with van der Waals surface area (Å²) in [5, 5.41) is 0. The van der Waals surface area contributed by atoms with Gasteiger partial charge in [0.15, 0.2) is 0 Å². The van der Waals surface area contributed by atoms with Crippen molar-refractivity contribution in [1.29, 1.82) is 0 Å². The molecule has 6 nitrogen and oxygen atoms in total. The Hall–Kier alpha value is -1.25. The molecule has 0 atom stereocenters. The average Bonchev–Trinajstić information content (AvgIpc) is 3.17. The van der Waals surface area contributed by atoms with Crippen molar-refractivity contribution in [3.63, 3.8) is 0 Å². The van der Waals surface area contributed by atoms with E-state index in [0.29, 0.717) is 16.9 Å². The summed E-state index contributed by atoms with van der Waals surface area (Å²) in [6, 6.07) is 5.39. The summed E-state index contributed by atoms with van der Waals surface area (Å²) in [5.74, 6) is 0.509. The predicted octanol–water partition coefficient (Wildman–Crippen LogP) is 1.90. The number of hydrogen-bond acceptors (Lipinski definition) is 5. The van der Waals surface area contributed by atoms with Crippen molar-refractivity contribution in [3.8, 4) is 5.75 Å². The molecule has 1 aromatic carbocycles. The van der Waals surface area contributed by atoms with E-state index in [4.69, 9.17) is 14.0 Å². The Kier molecular flexibility index (Phi) is 4.13. The first-order valence-corrected chi connectivity index (χ1v) is 10.0. The highest BCUT2D eigenvalue weighted by Crippen LogP contribution is 2.38. The van der Waals surface area contributed by atoms with E-state index < -0.39 is 28.3 Å². The Morgan fingerprint density at radius 2 is 1.75 bits per heavy atom. The number of nitrogens with one attached hydrogen (secondary N) is 1. The molecule has 1 aromatic rings. The number of sulfonamides is 1. The molecule has 0 amide bonds. The van der Waals surface area contributed by atoms with E-state index in [2.05, 4.69) is 4.72 Å². The molecule has 3 rings (SSSR count). The molecule has 0 radical (unpaired) electrons. The highest BCUT2D eigenvalue weighted by Gasteiger charge is 2.52. The summed E-state index contributed by atoms with van der Waals surface area (Å²) < 4.78 is 44.2. The normalized spacial score (nSPS) is 22.5. The van der Waals surface area contributed by atoms with Gasteiger partial charge in [0, 0.05) is 5.46 Å². The minimum absolute atomic E-state index is 0.152. The first-order chi connectivity index (χ1) is 11.0. The lowest BCUT2D eigenvalue weighted by Gasteiger charge is -2.32. The molecule has 1 aliphatic heterocycles. The minimum atomic E-state index is -3.47. The molecule has 0 spiro atoms. The number of hydrogen-bond donors (Lipinski definition) is 1. The fraction of sp³-hybridized carbons (Fsp3) is 0.625. The smallest absolute Gasteiger partial charge is 0.488 e. The SMILES string of the molecule is CC1(C)OB(c2cccc(OC3CC3)c2NS(C)(=O)=O)OC1(C)C. The van der Waals surface area contributed by atoms with Crippen molar-refractivity contribution >= 4 is 28.3 Å². The van der Waals surface area contributed by atoms with Crippen molar-refractivity contribution in [2.75, 3.05) is 11.0 Å². The Morgan fingerprint density at radius 1 is 1.17 bits per heavy atom. The van der Waals surface area contributed by atoms with Gasteiger partial charge in [-0.05, 0) is 46.6 Å². The summed E-state index contributed by atoms with van der Waals surface area (Å²) >= 11 is 0. The third-order valence-corrected chi connectivity index (χ3v) is 5.25. The molecular weight excluding hydrogens is 329 g/mol. The maximum absolute atomic E-state index is 11.8. The van der Waals surface area contributed by atoms with Crippen LogP contribution in [0.25, 0.3) is 0 Å². The highest BCUT2D eigenvalue weighted by atomic mass is 32.2. The highest BCUT2D eigenvalue weighted by molar-refractivity contribution is 7.92. The van der Waals surface area contributed by atoms with Crippen LogP contribution in [0.3, 0.4) is 0 Å². The van der Waals surface area contributed by atoms with E-state index in [9.17, 15) is 8.42 Å². The summed E-state index contributed by atoms with van der Waals surface area (Å²) in [6.45, 7) is 7.84. The van der Waals surface area contributed by atoms with Crippen LogP contribution in [0, 0.1) is 0 Å². The Labute approximate surface area is 144 Å². The zero-order chi connectivity index (χ0) is 17.8. The molecule has 8 heteroatoms. The predicted molar refractivity (Wildman–Crippen MR) is 94.3 cm³/mol. The third-order valence-electron chi connectivity index (χ3n) is 4.67. The summed E-state index contributed by atoms with van der Waals surface area (Å²) in [4.78, 5) is 0. The van der Waals surface area contributed by atoms with Crippen LogP contribution in [-0.4, -0.2) is 39.1 Å². The van der Waals surface area contributed by atoms with Crippen molar-refractivity contribution in [2.45, 2.75) is 57.8 Å². The molecule has 1 aliphatic carbocycles. The molecule has 132 valence electrons. The molecule has 0 aromatic heterocycles. The third kappa shape index (κ3) is 3.55. The Balaban J connectivity index is 2.00. The molecule has 0 unspecified atom stereocenters. The maximum atomic E-state index is 11.8. The molecule has 24 heavy (non-hydrogen) atoms. The van der Waals surface area contributed by atoms with Crippen LogP contribution in [0.15, 0.2) is 18.2 Å². The fourth-order valence-corrected chi connectivity index (χ4v) is 3.06. The molecule has 1 heterocycles. The van der Waals surface area contributed by atoms with Gasteiger partial charge in [-0.3, -0.25) is 4.72 Å². The number of benzene rings is 1. The van der Waals surface area contributed by atoms with E-state index in [1.165, 1.54) is 0 Å². The van der Waals surface area contributed by atoms with E-state index in [1.807, 2.05) is 33.8 Å². The Morgan fingerprint density at radius 3 is 2.25 bits per heavy atom. The maximum Gasteiger partial charge on any atom is 0.497 e. The topological polar surface area (TPSA) is 73.9 Å². The lowest BCUT2D eigenvalue weighted by Crippen LogP contribution is -2.41. The number of ether oxygens (including phenoxy) is 1. The van der Waals surface area contributed by atoms with Crippen LogP contribution in [0.5, 0.6) is 5.75 Å². The molecule has 2 aliphatic rings. The van der Waals surface area contributed by atoms with Gasteiger partial charge in [-0.15, -0.1) is 0 Å². The van der Waals surface area contributed by atoms with E-state index in [0.717, 1.165) is 19.1 Å². The summed E-state index contributed by atoms with van der Waals surface area (Å²) in [5.41, 5.74) is 0.00319. The van der Waals surface area contributed by atoms with E-state index >= 15 is 0 Å². The second-order valence-electron chi connectivity index (χ2n) is 7.50. The van der Waals surface area contributed by atoms with Gasteiger partial charge in [-0.2, -0.15) is 0 Å². The van der Waals surface area contributed by atoms with Gasteiger partial charge in [-0.1, -0.05) is 12.1 Å². The van der Waals surface area contributed by atoms with Crippen LogP contribution in [0.4, 0.5) is 5.69 Å². The summed E-state index contributed by atoms with van der Waals surface area (Å²) in [7, 11) is -4.13. The van der Waals surface area contributed by atoms with Crippen LogP contribution < -0.4 is 14.9 Å². The lowest BCUT2D eigenvalue weighted by atomic mass is 9.77. The quantitative estimate of drug-likeness (QED) is 0.819. The second kappa shape index (κ2) is 5.64. The largest absolute Gasteiger partial charge is 0.497 e. The molecule has 1 N–H and O–H groups in total. The van der Waals surface area contributed by atoms with E-state index in [-0.39, 0.29) is 6.10 Å². The fourth-order valence-electron chi connectivity index (χ4n) is 2.47. The monoisotopic (exact) mass is 353 g/mol. The van der Waals surface area contributed by atoms with Gasteiger partial charge < -0.3 is 14.0 Å². The average molecular weight is 353 g/mol. The van der Waals surface area contributed by atoms with Crippen LogP contribution >= 0.6 is 0 Å². The standard InChI is InChI=1S/C16H24BNO5S/c1-15(2)16(3,4)23-17(22-15)12-7-6-8-13(21-11-9-10-11)14(12)18-24(5,19)20/h6-8,11,18H,9-10H2,1-5H3. The lowest BCUT2D eigenvalue weighted by molar-refractivity contribution is 0.00578. The van der Waals surface area contributed by atoms with Gasteiger partial charge in [0.25, 0.3) is 0 Å². The van der Waals surface area contributed by atoms with Gasteiger partial charge in [0.1, 0.15) is 5.75 Å². The molecular formula is C16H24BNO5S. The number of anilines is 1. The van der Waals surface area contributed by atoms with Crippen molar-refractivity contribution in [1.82, 2.24) is 0 Å². The minimum Gasteiger partial charge on any atom is -0.488 e. The first kappa shape index (κ1) is 17.6. The van der Waals surface area contributed by atoms with Crippen molar-refractivity contribution in [3.05, 3.63) is 18.2 Å². The second-order valence-corrected chi connectivity index (χ2v) is 9.25. The van der Waals surface area contributed by atoms with E-state index in [1.54, 1.807) is 12.1 Å². The first-order valence-electron chi connectivity index (χ1n) is 8.11. The van der Waals surface area contributed by atoms with Crippen LogP contribution in [0.1, 0.15) is 40.5 Å². The van der Waals surface area contributed by atoms with Crippen molar-refractivity contribution in [2.24, 2.45) is 0 Å². The molecule has 2 fully saturated rings. The molecule has 1 saturated carbocycles. The number of rotatable bonds is 5. The Bertz CT molecular complexity index is 727. The van der Waals surface area contributed by atoms with Gasteiger partial charge in [0.2, 0.25) is 10.0 Å². The van der Waals surface area contributed by atoms with Crippen LogP contribution in [0.2, 0.25) is 0 Å². The van der Waals surface area contributed by atoms with Gasteiger partial charge in [-0.25, -0.2) is 8.42 Å². The van der Waals surface area contributed by atoms with Gasteiger partial charge >= 0.3 is 7.12 Å².